The van der Waals surface area contributed by atoms with Gasteiger partial charge in [0.25, 0.3) is 0 Å². The summed E-state index contributed by atoms with van der Waals surface area (Å²) >= 11 is 0. The smallest absolute Gasteiger partial charge is 0.361 e. The minimum absolute atomic E-state index is 0.0720. The molecule has 0 aliphatic carbocycles. The molecular formula is C22H47NO6S. The Morgan fingerprint density at radius 1 is 0.767 bits per heavy atom. The first kappa shape index (κ1) is 31.5. The van der Waals surface area contributed by atoms with Gasteiger partial charge in [-0.15, -0.1) is 0 Å². The van der Waals surface area contributed by atoms with Gasteiger partial charge >= 0.3 is 5.97 Å². The van der Waals surface area contributed by atoms with Crippen molar-refractivity contribution >= 4 is 16.4 Å². The number of hydrogen-bond acceptors (Lipinski definition) is 6. The van der Waals surface area contributed by atoms with Gasteiger partial charge in [-0.2, -0.15) is 0 Å². The molecule has 0 saturated heterocycles. The van der Waals surface area contributed by atoms with Crippen molar-refractivity contribution in [1.82, 2.24) is 0 Å². The third-order valence-electron chi connectivity index (χ3n) is 4.57. The van der Waals surface area contributed by atoms with Gasteiger partial charge < -0.3 is 13.8 Å². The fourth-order valence-electron chi connectivity index (χ4n) is 2.92. The highest BCUT2D eigenvalue weighted by Gasteiger charge is 2.14. The van der Waals surface area contributed by atoms with E-state index in [0.29, 0.717) is 17.6 Å². The largest absolute Gasteiger partial charge is 0.726 e. The summed E-state index contributed by atoms with van der Waals surface area (Å²) < 4.78 is 36.9. The molecule has 0 rings (SSSR count). The van der Waals surface area contributed by atoms with E-state index in [1.807, 2.05) is 21.1 Å². The Morgan fingerprint density at radius 2 is 1.10 bits per heavy atom. The van der Waals surface area contributed by atoms with Crippen LogP contribution in [0.15, 0.2) is 0 Å². The molecule has 0 heterocycles. The molecule has 0 saturated carbocycles. The van der Waals surface area contributed by atoms with Crippen molar-refractivity contribution in [3.05, 3.63) is 0 Å². The van der Waals surface area contributed by atoms with Crippen LogP contribution in [0, 0.1) is 0 Å². The van der Waals surface area contributed by atoms with Gasteiger partial charge in [-0.1, -0.05) is 90.4 Å². The predicted molar refractivity (Wildman–Crippen MR) is 121 cm³/mol. The summed E-state index contributed by atoms with van der Waals surface area (Å²) in [5, 5.41) is 0. The van der Waals surface area contributed by atoms with E-state index in [1.54, 1.807) is 0 Å². The molecule has 0 atom stereocenters. The van der Waals surface area contributed by atoms with Crippen LogP contribution in [0.5, 0.6) is 0 Å². The maximum Gasteiger partial charge on any atom is 0.361 e. The second-order valence-electron chi connectivity index (χ2n) is 8.84. The highest BCUT2D eigenvalue weighted by molar-refractivity contribution is 7.80. The fraction of sp³-hybridized carbons (Fsp3) is 0.955. The molecule has 0 fully saturated rings. The monoisotopic (exact) mass is 453 g/mol. The Morgan fingerprint density at radius 3 is 1.40 bits per heavy atom. The number of carbonyl (C=O) groups excluding carboxylic acids is 1. The Labute approximate surface area is 186 Å². The lowest BCUT2D eigenvalue weighted by Gasteiger charge is -2.22. The first-order valence-corrected chi connectivity index (χ1v) is 12.8. The van der Waals surface area contributed by atoms with Crippen molar-refractivity contribution in [2.75, 3.05) is 41.4 Å². The highest BCUT2D eigenvalue weighted by Crippen LogP contribution is 2.12. The third kappa shape index (κ3) is 32.0. The molecule has 0 amide bonds. The number of nitrogens with zero attached hydrogens (tertiary/aromatic N) is 1. The van der Waals surface area contributed by atoms with Crippen molar-refractivity contribution in [1.29, 1.82) is 0 Å². The number of unbranched alkanes of at least 4 members (excludes halogenated alkanes) is 13. The van der Waals surface area contributed by atoms with Gasteiger partial charge in [0.2, 0.25) is 10.4 Å². The molecule has 0 unspecified atom stereocenters. The molecule has 0 aromatic heterocycles. The molecule has 182 valence electrons. The van der Waals surface area contributed by atoms with E-state index < -0.39 is 10.4 Å². The number of ether oxygens (including phenoxy) is 1. The maximum atomic E-state index is 11.6. The van der Waals surface area contributed by atoms with Crippen LogP contribution in [-0.4, -0.2) is 64.8 Å². The molecule has 0 aromatic carbocycles. The van der Waals surface area contributed by atoms with Crippen LogP contribution in [0.2, 0.25) is 0 Å². The quantitative estimate of drug-likeness (QED) is 0.0972. The topological polar surface area (TPSA) is 92.7 Å². The van der Waals surface area contributed by atoms with Crippen LogP contribution in [0.3, 0.4) is 0 Å². The van der Waals surface area contributed by atoms with E-state index in [0.717, 1.165) is 13.5 Å². The van der Waals surface area contributed by atoms with Gasteiger partial charge in [0.1, 0.15) is 0 Å². The lowest BCUT2D eigenvalue weighted by Crippen LogP contribution is -2.40. The Kier molecular flexibility index (Phi) is 21.2. The van der Waals surface area contributed by atoms with E-state index in [4.69, 9.17) is 4.74 Å². The summed E-state index contributed by atoms with van der Waals surface area (Å²) in [7, 11) is 2.42. The maximum absolute atomic E-state index is 11.6. The average molecular weight is 454 g/mol. The SMILES string of the molecule is CCCCCCCCCCCCCCCCOC(=O)C[N+](C)(C)C.COS(=O)(=O)[O-]. The molecule has 8 heteroatoms. The molecule has 0 bridgehead atoms. The highest BCUT2D eigenvalue weighted by atomic mass is 32.3. The summed E-state index contributed by atoms with van der Waals surface area (Å²) in [4.78, 5) is 11.6. The summed E-state index contributed by atoms with van der Waals surface area (Å²) in [5.74, 6) is -0.0720. The van der Waals surface area contributed by atoms with Crippen LogP contribution in [0.1, 0.15) is 96.8 Å². The number of esters is 1. The Bertz CT molecular complexity index is 488. The minimum atomic E-state index is -4.41. The van der Waals surface area contributed by atoms with Crippen LogP contribution in [0.25, 0.3) is 0 Å². The molecule has 0 aliphatic rings. The summed E-state index contributed by atoms with van der Waals surface area (Å²) in [6, 6.07) is 0. The fourth-order valence-corrected chi connectivity index (χ4v) is 2.92. The van der Waals surface area contributed by atoms with E-state index in [9.17, 15) is 17.8 Å². The Hall–Kier alpha value is -0.700. The van der Waals surface area contributed by atoms with Gasteiger partial charge in [0.05, 0.1) is 34.9 Å². The van der Waals surface area contributed by atoms with E-state index in [2.05, 4.69) is 11.1 Å². The van der Waals surface area contributed by atoms with Gasteiger partial charge in [-0.3, -0.25) is 4.18 Å². The second kappa shape index (κ2) is 20.2. The van der Waals surface area contributed by atoms with Crippen LogP contribution in [-0.2, 0) is 24.1 Å². The summed E-state index contributed by atoms with van der Waals surface area (Å²) in [6.45, 7) is 3.33. The van der Waals surface area contributed by atoms with Crippen molar-refractivity contribution < 1.29 is 31.2 Å². The molecule has 7 nitrogen and oxygen atoms in total. The number of carbonyl (C=O) groups is 1. The van der Waals surface area contributed by atoms with Crippen LogP contribution >= 0.6 is 0 Å². The number of hydrogen-bond donors (Lipinski definition) is 0. The van der Waals surface area contributed by atoms with Crippen LogP contribution < -0.4 is 0 Å². The van der Waals surface area contributed by atoms with Crippen molar-refractivity contribution in [3.8, 4) is 0 Å². The van der Waals surface area contributed by atoms with E-state index in [-0.39, 0.29) is 5.97 Å². The molecule has 0 aliphatic heterocycles. The second-order valence-corrected chi connectivity index (χ2v) is 9.99. The number of quaternary nitrogens is 1. The zero-order chi connectivity index (χ0) is 23.3. The molecular weight excluding hydrogens is 406 g/mol. The standard InChI is InChI=1S/C21H44NO2.CH4O4S/c1-5-6-7-8-9-10-11-12-13-14-15-16-17-18-19-24-21(23)20-22(2,3)4;1-5-6(2,3)4/h5-20H2,1-4H3;1H3,(H,2,3,4)/q+1;/p-1. The molecule has 0 aromatic rings. The molecule has 30 heavy (non-hydrogen) atoms. The lowest BCUT2D eigenvalue weighted by atomic mass is 10.0. The lowest BCUT2D eigenvalue weighted by molar-refractivity contribution is -0.862. The normalized spacial score (nSPS) is 11.7. The van der Waals surface area contributed by atoms with Crippen molar-refractivity contribution in [2.24, 2.45) is 0 Å². The van der Waals surface area contributed by atoms with E-state index in [1.165, 1.54) is 83.5 Å². The molecule has 0 N–H and O–H groups in total. The van der Waals surface area contributed by atoms with Crippen LogP contribution in [0.4, 0.5) is 0 Å². The van der Waals surface area contributed by atoms with Crippen molar-refractivity contribution in [2.45, 2.75) is 96.8 Å². The van der Waals surface area contributed by atoms with E-state index >= 15 is 0 Å². The predicted octanol–water partition coefficient (Wildman–Crippen LogP) is 4.81. The summed E-state index contributed by atoms with van der Waals surface area (Å²) in [5.41, 5.74) is 0. The first-order chi connectivity index (χ1) is 14.0. The number of rotatable bonds is 18. The molecule has 0 radical (unpaired) electrons. The number of likely N-dealkylation sites (N-methyl/N-ethyl adjacent to an activating group) is 1. The van der Waals surface area contributed by atoms with Gasteiger partial charge in [0.15, 0.2) is 6.54 Å². The van der Waals surface area contributed by atoms with Crippen molar-refractivity contribution in [3.63, 3.8) is 0 Å². The average Bonchev–Trinajstić information content (AvgIpc) is 2.63. The van der Waals surface area contributed by atoms with Gasteiger partial charge in [0, 0.05) is 0 Å². The summed E-state index contributed by atoms with van der Waals surface area (Å²) in [6.07, 6.45) is 18.9. The zero-order valence-corrected chi connectivity index (χ0v) is 20.9. The zero-order valence-electron chi connectivity index (χ0n) is 20.1. The molecule has 0 spiro atoms. The minimum Gasteiger partial charge on any atom is -0.726 e. The van der Waals surface area contributed by atoms with Gasteiger partial charge in [-0.05, 0) is 6.42 Å². The van der Waals surface area contributed by atoms with Gasteiger partial charge in [-0.25, -0.2) is 13.2 Å². The Balaban J connectivity index is 0. The first-order valence-electron chi connectivity index (χ1n) is 11.5. The third-order valence-corrected chi connectivity index (χ3v) is 4.98.